The summed E-state index contributed by atoms with van der Waals surface area (Å²) in [5, 5.41) is 21.4. The van der Waals surface area contributed by atoms with E-state index in [1.54, 1.807) is 6.07 Å². The SMILES string of the molecule is O=[N+]([O-])c1cc(/C=N\Nc2nc(Nc3ccccc3)nc(Nc3ccccc3)n2)ccc1Cl. The van der Waals surface area contributed by atoms with Crippen molar-refractivity contribution in [2.45, 2.75) is 0 Å². The van der Waals surface area contributed by atoms with E-state index in [1.807, 2.05) is 60.7 Å². The fourth-order valence-electron chi connectivity index (χ4n) is 2.75. The molecule has 33 heavy (non-hydrogen) atoms. The van der Waals surface area contributed by atoms with Gasteiger partial charge in [0.15, 0.2) is 0 Å². The lowest BCUT2D eigenvalue weighted by Gasteiger charge is -2.10. The van der Waals surface area contributed by atoms with Crippen LogP contribution in [-0.4, -0.2) is 26.1 Å². The van der Waals surface area contributed by atoms with E-state index < -0.39 is 4.92 Å². The Labute approximate surface area is 193 Å². The number of nitro benzene ring substituents is 1. The van der Waals surface area contributed by atoms with Crippen molar-refractivity contribution in [3.63, 3.8) is 0 Å². The molecule has 164 valence electrons. The molecule has 0 saturated carbocycles. The highest BCUT2D eigenvalue weighted by atomic mass is 35.5. The Kier molecular flexibility index (Phi) is 6.67. The Bertz CT molecular complexity index is 1230. The highest BCUT2D eigenvalue weighted by Gasteiger charge is 2.12. The summed E-state index contributed by atoms with van der Waals surface area (Å²) in [5.74, 6) is 0.769. The van der Waals surface area contributed by atoms with Crippen LogP contribution in [0.2, 0.25) is 5.02 Å². The summed E-state index contributed by atoms with van der Waals surface area (Å²) in [5.41, 5.74) is 4.62. The molecule has 0 radical (unpaired) electrons. The molecule has 0 unspecified atom stereocenters. The van der Waals surface area contributed by atoms with Gasteiger partial charge in [0.05, 0.1) is 11.1 Å². The number of hydrazone groups is 1. The molecule has 0 aliphatic rings. The van der Waals surface area contributed by atoms with Crippen molar-refractivity contribution in [1.29, 1.82) is 0 Å². The number of aromatic nitrogens is 3. The molecule has 0 amide bonds. The average molecular weight is 461 g/mol. The third-order valence-electron chi connectivity index (χ3n) is 4.24. The molecule has 0 fully saturated rings. The lowest BCUT2D eigenvalue weighted by atomic mass is 10.2. The van der Waals surface area contributed by atoms with Crippen LogP contribution < -0.4 is 16.1 Å². The number of anilines is 5. The van der Waals surface area contributed by atoms with Gasteiger partial charge < -0.3 is 10.6 Å². The molecule has 0 spiro atoms. The van der Waals surface area contributed by atoms with Gasteiger partial charge in [0.2, 0.25) is 17.8 Å². The van der Waals surface area contributed by atoms with Crippen LogP contribution in [0.5, 0.6) is 0 Å². The Hall–Kier alpha value is -4.57. The van der Waals surface area contributed by atoms with E-state index in [1.165, 1.54) is 18.3 Å². The van der Waals surface area contributed by atoms with Gasteiger partial charge in [0, 0.05) is 23.0 Å². The number of hydrogen-bond acceptors (Lipinski definition) is 9. The number of benzene rings is 3. The standard InChI is InChI=1S/C22H17ClN8O2/c23-18-12-11-15(13-19(18)31(32)33)14-24-30-22-28-20(25-16-7-3-1-4-8-16)27-21(29-22)26-17-9-5-2-6-10-17/h1-14H,(H3,25,26,27,28,29,30)/b24-14-. The van der Waals surface area contributed by atoms with Crippen LogP contribution in [0.15, 0.2) is 84.0 Å². The van der Waals surface area contributed by atoms with Crippen LogP contribution >= 0.6 is 11.6 Å². The third-order valence-corrected chi connectivity index (χ3v) is 4.56. The van der Waals surface area contributed by atoms with Gasteiger partial charge in [-0.1, -0.05) is 54.1 Å². The molecule has 1 heterocycles. The first kappa shape index (κ1) is 21.7. The molecule has 4 rings (SSSR count). The highest BCUT2D eigenvalue weighted by Crippen LogP contribution is 2.24. The van der Waals surface area contributed by atoms with Crippen molar-refractivity contribution in [2.24, 2.45) is 5.10 Å². The maximum absolute atomic E-state index is 11.1. The number of nitrogens with zero attached hydrogens (tertiary/aromatic N) is 5. The van der Waals surface area contributed by atoms with Gasteiger partial charge in [-0.05, 0) is 30.3 Å². The maximum Gasteiger partial charge on any atom is 0.288 e. The third kappa shape index (κ3) is 5.99. The van der Waals surface area contributed by atoms with Crippen LogP contribution in [0.25, 0.3) is 0 Å². The molecule has 0 saturated heterocycles. The van der Waals surface area contributed by atoms with Gasteiger partial charge in [0.1, 0.15) is 5.02 Å². The molecule has 11 heteroatoms. The molecule has 3 N–H and O–H groups in total. The number of nitro groups is 1. The minimum absolute atomic E-state index is 0.0517. The van der Waals surface area contributed by atoms with E-state index in [2.05, 4.69) is 36.1 Å². The minimum Gasteiger partial charge on any atom is -0.324 e. The van der Waals surface area contributed by atoms with Gasteiger partial charge in [-0.25, -0.2) is 5.43 Å². The van der Waals surface area contributed by atoms with Gasteiger partial charge in [-0.15, -0.1) is 0 Å². The lowest BCUT2D eigenvalue weighted by molar-refractivity contribution is -0.384. The van der Waals surface area contributed by atoms with E-state index in [-0.39, 0.29) is 16.7 Å². The van der Waals surface area contributed by atoms with E-state index in [0.29, 0.717) is 17.5 Å². The summed E-state index contributed by atoms with van der Waals surface area (Å²) in [7, 11) is 0. The summed E-state index contributed by atoms with van der Waals surface area (Å²) >= 11 is 5.85. The quantitative estimate of drug-likeness (QED) is 0.182. The molecule has 0 aliphatic carbocycles. The predicted molar refractivity (Wildman–Crippen MR) is 129 cm³/mol. The van der Waals surface area contributed by atoms with Crippen molar-refractivity contribution >= 4 is 52.7 Å². The second-order valence-corrected chi connectivity index (χ2v) is 7.03. The Morgan fingerprint density at radius 1 is 0.818 bits per heavy atom. The maximum atomic E-state index is 11.1. The smallest absolute Gasteiger partial charge is 0.288 e. The lowest BCUT2D eigenvalue weighted by Crippen LogP contribution is -2.07. The van der Waals surface area contributed by atoms with Crippen molar-refractivity contribution in [3.05, 3.63) is 99.6 Å². The van der Waals surface area contributed by atoms with Gasteiger partial charge in [-0.2, -0.15) is 20.1 Å². The van der Waals surface area contributed by atoms with Crippen LogP contribution in [0, 0.1) is 10.1 Å². The first-order chi connectivity index (χ1) is 16.1. The molecule has 4 aromatic rings. The Morgan fingerprint density at radius 2 is 1.36 bits per heavy atom. The van der Waals surface area contributed by atoms with Crippen LogP contribution in [-0.2, 0) is 0 Å². The molecular weight excluding hydrogens is 444 g/mol. The highest BCUT2D eigenvalue weighted by molar-refractivity contribution is 6.32. The molecule has 0 bridgehead atoms. The number of para-hydroxylation sites is 2. The fourth-order valence-corrected chi connectivity index (χ4v) is 2.94. The van der Waals surface area contributed by atoms with Crippen molar-refractivity contribution in [3.8, 4) is 0 Å². The van der Waals surface area contributed by atoms with Crippen LogP contribution in [0.3, 0.4) is 0 Å². The normalized spacial score (nSPS) is 10.7. The monoisotopic (exact) mass is 460 g/mol. The predicted octanol–water partition coefficient (Wildman–Crippen LogP) is 5.37. The zero-order valence-electron chi connectivity index (χ0n) is 17.0. The topological polar surface area (TPSA) is 130 Å². The summed E-state index contributed by atoms with van der Waals surface area (Å²) in [6.45, 7) is 0. The first-order valence-electron chi connectivity index (χ1n) is 9.70. The second kappa shape index (κ2) is 10.2. The summed E-state index contributed by atoms with van der Waals surface area (Å²) in [6, 6.07) is 23.3. The largest absolute Gasteiger partial charge is 0.324 e. The van der Waals surface area contributed by atoms with Crippen LogP contribution in [0.4, 0.5) is 34.9 Å². The average Bonchev–Trinajstić information content (AvgIpc) is 2.81. The molecule has 0 atom stereocenters. The summed E-state index contributed by atoms with van der Waals surface area (Å²) in [4.78, 5) is 23.6. The zero-order valence-corrected chi connectivity index (χ0v) is 17.8. The Morgan fingerprint density at radius 3 is 1.91 bits per heavy atom. The Balaban J connectivity index is 1.57. The number of hydrogen-bond donors (Lipinski definition) is 3. The van der Waals surface area contributed by atoms with Gasteiger partial charge in [0.25, 0.3) is 5.69 Å². The second-order valence-electron chi connectivity index (χ2n) is 6.63. The molecule has 0 aliphatic heterocycles. The van der Waals surface area contributed by atoms with E-state index in [9.17, 15) is 10.1 Å². The summed E-state index contributed by atoms with van der Waals surface area (Å²) < 4.78 is 0. The van der Waals surface area contributed by atoms with Crippen molar-refractivity contribution < 1.29 is 4.92 Å². The zero-order chi connectivity index (χ0) is 23.0. The van der Waals surface area contributed by atoms with E-state index in [4.69, 9.17) is 11.6 Å². The molecular formula is C22H17ClN8O2. The summed E-state index contributed by atoms with van der Waals surface area (Å²) in [6.07, 6.45) is 1.40. The number of halogens is 1. The van der Waals surface area contributed by atoms with Crippen LogP contribution in [0.1, 0.15) is 5.56 Å². The molecule has 3 aromatic carbocycles. The number of rotatable bonds is 8. The van der Waals surface area contributed by atoms with Crippen molar-refractivity contribution in [1.82, 2.24) is 15.0 Å². The van der Waals surface area contributed by atoms with Gasteiger partial charge in [-0.3, -0.25) is 10.1 Å². The van der Waals surface area contributed by atoms with E-state index >= 15 is 0 Å². The van der Waals surface area contributed by atoms with Crippen molar-refractivity contribution in [2.75, 3.05) is 16.1 Å². The molecule has 1 aromatic heterocycles. The van der Waals surface area contributed by atoms with E-state index in [0.717, 1.165) is 11.4 Å². The molecule has 10 nitrogen and oxygen atoms in total. The van der Waals surface area contributed by atoms with Gasteiger partial charge >= 0.3 is 0 Å². The fraction of sp³-hybridized carbons (Fsp3) is 0. The number of nitrogens with one attached hydrogen (secondary N) is 3. The minimum atomic E-state index is -0.553. The first-order valence-corrected chi connectivity index (χ1v) is 10.1.